The van der Waals surface area contributed by atoms with Gasteiger partial charge in [0.1, 0.15) is 0 Å². The van der Waals surface area contributed by atoms with Crippen molar-refractivity contribution in [3.8, 4) is 0 Å². The Bertz CT molecular complexity index is 427. The summed E-state index contributed by atoms with van der Waals surface area (Å²) in [5.41, 5.74) is 2.91. The van der Waals surface area contributed by atoms with Gasteiger partial charge in [0.2, 0.25) is 0 Å². The largest absolute Gasteiger partial charge is 0.331 e. The Morgan fingerprint density at radius 1 is 1.17 bits per heavy atom. The zero-order valence-electron chi connectivity index (χ0n) is 11.1. The fourth-order valence-corrected chi connectivity index (χ4v) is 3.77. The summed E-state index contributed by atoms with van der Waals surface area (Å²) in [5.74, 6) is 0.970. The van der Waals surface area contributed by atoms with Crippen molar-refractivity contribution in [2.45, 2.75) is 57.5 Å². The normalized spacial score (nSPS) is 25.6. The lowest BCUT2D eigenvalue weighted by Gasteiger charge is -2.29. The quantitative estimate of drug-likeness (QED) is 0.816. The zero-order valence-corrected chi connectivity index (χ0v) is 11.1. The highest BCUT2D eigenvalue weighted by Crippen LogP contribution is 2.37. The maximum absolute atomic E-state index is 4.66. The molecule has 0 amide bonds. The van der Waals surface area contributed by atoms with Gasteiger partial charge in [-0.25, -0.2) is 4.98 Å². The fourth-order valence-electron chi connectivity index (χ4n) is 3.77. The monoisotopic (exact) mass is 245 g/mol. The molecule has 0 unspecified atom stereocenters. The Kier molecular flexibility index (Phi) is 2.68. The minimum absolute atomic E-state index is 0.794. The molecule has 0 bridgehead atoms. The van der Waals surface area contributed by atoms with Crippen molar-refractivity contribution >= 4 is 0 Å². The second-order valence-corrected chi connectivity index (χ2v) is 6.41. The minimum atomic E-state index is 0.794. The molecule has 1 aromatic rings. The molecular weight excluding hydrogens is 222 g/mol. The van der Waals surface area contributed by atoms with E-state index in [0.717, 1.165) is 18.5 Å². The SMILES string of the molecule is c1nc2c(n1C1CC1)CCN(CC1CCCC1)C2. The van der Waals surface area contributed by atoms with Crippen LogP contribution in [-0.4, -0.2) is 27.5 Å². The Hall–Kier alpha value is -0.830. The Labute approximate surface area is 109 Å². The van der Waals surface area contributed by atoms with Crippen molar-refractivity contribution in [3.63, 3.8) is 0 Å². The first-order valence-electron chi connectivity index (χ1n) is 7.67. The van der Waals surface area contributed by atoms with Gasteiger partial charge in [0, 0.05) is 37.8 Å². The molecule has 0 radical (unpaired) electrons. The number of hydrogen-bond acceptors (Lipinski definition) is 2. The van der Waals surface area contributed by atoms with Gasteiger partial charge in [-0.1, -0.05) is 12.8 Å². The van der Waals surface area contributed by atoms with E-state index in [1.807, 2.05) is 0 Å². The summed E-state index contributed by atoms with van der Waals surface area (Å²) in [5, 5.41) is 0. The summed E-state index contributed by atoms with van der Waals surface area (Å²) in [6, 6.07) is 0.794. The van der Waals surface area contributed by atoms with Gasteiger partial charge in [-0.15, -0.1) is 0 Å². The number of imidazole rings is 1. The van der Waals surface area contributed by atoms with E-state index in [1.54, 1.807) is 5.69 Å². The van der Waals surface area contributed by atoms with Crippen LogP contribution in [0.3, 0.4) is 0 Å². The highest BCUT2D eigenvalue weighted by molar-refractivity contribution is 5.18. The topological polar surface area (TPSA) is 21.1 Å². The van der Waals surface area contributed by atoms with Crippen molar-refractivity contribution in [1.82, 2.24) is 14.5 Å². The van der Waals surface area contributed by atoms with Gasteiger partial charge in [0.25, 0.3) is 0 Å². The van der Waals surface area contributed by atoms with E-state index in [2.05, 4.69) is 20.8 Å². The summed E-state index contributed by atoms with van der Waals surface area (Å²) < 4.78 is 2.46. The van der Waals surface area contributed by atoms with E-state index in [0.29, 0.717) is 0 Å². The molecule has 1 aliphatic heterocycles. The number of aromatic nitrogens is 2. The standard InChI is InChI=1S/C15H23N3/c1-2-4-12(3-1)9-17-8-7-15-14(10-17)16-11-18(15)13-5-6-13/h11-13H,1-10H2. The van der Waals surface area contributed by atoms with E-state index < -0.39 is 0 Å². The molecular formula is C15H23N3. The third-order valence-corrected chi connectivity index (χ3v) is 4.95. The summed E-state index contributed by atoms with van der Waals surface area (Å²) in [6.07, 6.45) is 11.9. The molecule has 0 spiro atoms. The first-order valence-corrected chi connectivity index (χ1v) is 7.67. The van der Waals surface area contributed by atoms with Crippen LogP contribution in [0.1, 0.15) is 56.0 Å². The van der Waals surface area contributed by atoms with E-state index in [4.69, 9.17) is 0 Å². The molecule has 98 valence electrons. The summed E-state index contributed by atoms with van der Waals surface area (Å²) in [7, 11) is 0. The molecule has 0 saturated heterocycles. The second kappa shape index (κ2) is 4.37. The first kappa shape index (κ1) is 11.0. The van der Waals surface area contributed by atoms with Crippen LogP contribution in [0, 0.1) is 5.92 Å². The Morgan fingerprint density at radius 3 is 2.78 bits per heavy atom. The van der Waals surface area contributed by atoms with Crippen molar-refractivity contribution < 1.29 is 0 Å². The highest BCUT2D eigenvalue weighted by atomic mass is 15.2. The van der Waals surface area contributed by atoms with Gasteiger partial charge < -0.3 is 4.57 Å². The molecule has 0 aromatic carbocycles. The van der Waals surface area contributed by atoms with Gasteiger partial charge in [0.15, 0.2) is 0 Å². The molecule has 2 saturated carbocycles. The van der Waals surface area contributed by atoms with E-state index >= 15 is 0 Å². The fraction of sp³-hybridized carbons (Fsp3) is 0.800. The molecule has 0 N–H and O–H groups in total. The lowest BCUT2D eigenvalue weighted by molar-refractivity contribution is 0.210. The molecule has 3 heteroatoms. The Morgan fingerprint density at radius 2 is 2.00 bits per heavy atom. The number of nitrogens with zero attached hydrogens (tertiary/aromatic N) is 3. The van der Waals surface area contributed by atoms with Crippen LogP contribution in [0.4, 0.5) is 0 Å². The van der Waals surface area contributed by atoms with Gasteiger partial charge in [0.05, 0.1) is 12.0 Å². The van der Waals surface area contributed by atoms with Gasteiger partial charge in [-0.05, 0) is 31.6 Å². The van der Waals surface area contributed by atoms with Crippen LogP contribution in [0.2, 0.25) is 0 Å². The third-order valence-electron chi connectivity index (χ3n) is 4.95. The van der Waals surface area contributed by atoms with Gasteiger partial charge >= 0.3 is 0 Å². The van der Waals surface area contributed by atoms with E-state index in [9.17, 15) is 0 Å². The first-order chi connectivity index (χ1) is 8.90. The average Bonchev–Trinajstić information content (AvgIpc) is 2.94. The molecule has 3 nitrogen and oxygen atoms in total. The van der Waals surface area contributed by atoms with Crippen LogP contribution in [0.25, 0.3) is 0 Å². The van der Waals surface area contributed by atoms with Gasteiger partial charge in [-0.2, -0.15) is 0 Å². The molecule has 4 rings (SSSR count). The molecule has 18 heavy (non-hydrogen) atoms. The van der Waals surface area contributed by atoms with Crippen LogP contribution in [0.5, 0.6) is 0 Å². The summed E-state index contributed by atoms with van der Waals surface area (Å²) >= 11 is 0. The highest BCUT2D eigenvalue weighted by Gasteiger charge is 2.30. The summed E-state index contributed by atoms with van der Waals surface area (Å²) in [6.45, 7) is 3.67. The molecule has 3 aliphatic rings. The molecule has 1 aromatic heterocycles. The number of fused-ring (bicyclic) bond motifs is 1. The smallest absolute Gasteiger partial charge is 0.0954 e. The van der Waals surface area contributed by atoms with Crippen molar-refractivity contribution in [1.29, 1.82) is 0 Å². The minimum Gasteiger partial charge on any atom is -0.331 e. The average molecular weight is 245 g/mol. The van der Waals surface area contributed by atoms with Crippen molar-refractivity contribution in [2.24, 2.45) is 5.92 Å². The third kappa shape index (κ3) is 1.99. The van der Waals surface area contributed by atoms with E-state index in [-0.39, 0.29) is 0 Å². The molecule has 0 atom stereocenters. The molecule has 2 heterocycles. The maximum atomic E-state index is 4.66. The Balaban J connectivity index is 1.44. The lowest BCUT2D eigenvalue weighted by atomic mass is 10.1. The van der Waals surface area contributed by atoms with Crippen LogP contribution < -0.4 is 0 Å². The molecule has 2 fully saturated rings. The van der Waals surface area contributed by atoms with Gasteiger partial charge in [-0.3, -0.25) is 4.90 Å². The van der Waals surface area contributed by atoms with Crippen LogP contribution in [-0.2, 0) is 13.0 Å². The number of rotatable bonds is 3. The predicted molar refractivity (Wildman–Crippen MR) is 71.4 cm³/mol. The second-order valence-electron chi connectivity index (χ2n) is 6.41. The number of hydrogen-bond donors (Lipinski definition) is 0. The maximum Gasteiger partial charge on any atom is 0.0954 e. The van der Waals surface area contributed by atoms with E-state index in [1.165, 1.54) is 63.7 Å². The zero-order chi connectivity index (χ0) is 11.9. The summed E-state index contributed by atoms with van der Waals surface area (Å²) in [4.78, 5) is 7.31. The van der Waals surface area contributed by atoms with Crippen molar-refractivity contribution in [2.75, 3.05) is 13.1 Å². The van der Waals surface area contributed by atoms with Crippen molar-refractivity contribution in [3.05, 3.63) is 17.7 Å². The van der Waals surface area contributed by atoms with Crippen LogP contribution in [0.15, 0.2) is 6.33 Å². The predicted octanol–water partition coefficient (Wildman–Crippen LogP) is 2.77. The lowest BCUT2D eigenvalue weighted by Crippen LogP contribution is -2.34. The van der Waals surface area contributed by atoms with Crippen LogP contribution >= 0.6 is 0 Å². The molecule has 2 aliphatic carbocycles.